The molecule has 0 unspecified atom stereocenters. The Morgan fingerprint density at radius 3 is 2.40 bits per heavy atom. The van der Waals surface area contributed by atoms with Crippen molar-refractivity contribution in [2.24, 2.45) is 0 Å². The Bertz CT molecular complexity index is 12.4. The second-order valence-electron chi connectivity index (χ2n) is 0.546. The minimum absolute atomic E-state index is 0.111. The zero-order chi connectivity index (χ0) is 4.12. The quantitative estimate of drug-likeness (QED) is 0.351. The standard InChI is InChI=1S/C2H5O3/c3-1-2-5-4/h3H,1-2H2. The van der Waals surface area contributed by atoms with Crippen LogP contribution < -0.4 is 0 Å². The van der Waals surface area contributed by atoms with Gasteiger partial charge in [-0.05, 0) is 5.26 Å². The molecule has 0 rings (SSSR count). The summed E-state index contributed by atoms with van der Waals surface area (Å²) in [7, 11) is 0. The van der Waals surface area contributed by atoms with E-state index in [1.807, 2.05) is 0 Å². The molecule has 3 nitrogen and oxygen atoms in total. The molecule has 0 heterocycles. The van der Waals surface area contributed by atoms with Gasteiger partial charge in [-0.3, -0.25) is 0 Å². The molecule has 0 fully saturated rings. The fourth-order valence-corrected chi connectivity index (χ4v) is 0.0373. The summed E-state index contributed by atoms with van der Waals surface area (Å²) in [4.78, 5) is 3.19. The van der Waals surface area contributed by atoms with Gasteiger partial charge >= 0.3 is 0 Å². The van der Waals surface area contributed by atoms with Crippen LogP contribution in [0.15, 0.2) is 0 Å². The van der Waals surface area contributed by atoms with Gasteiger partial charge in [0, 0.05) is 0 Å². The average Bonchev–Trinajstić information content (AvgIpc) is 1.41. The van der Waals surface area contributed by atoms with Gasteiger partial charge in [-0.15, -0.1) is 0 Å². The predicted molar refractivity (Wildman–Crippen MR) is 13.7 cm³/mol. The Labute approximate surface area is 29.7 Å². The summed E-state index contributed by atoms with van der Waals surface area (Å²) in [5.74, 6) is 0. The van der Waals surface area contributed by atoms with E-state index < -0.39 is 0 Å². The molecule has 0 aromatic carbocycles. The number of hydrogen-bond donors (Lipinski definition) is 1. The maximum atomic E-state index is 8.87. The summed E-state index contributed by atoms with van der Waals surface area (Å²) in [5, 5.41) is 16.6. The van der Waals surface area contributed by atoms with E-state index in [-0.39, 0.29) is 13.2 Å². The first-order valence-corrected chi connectivity index (χ1v) is 1.27. The fourth-order valence-electron chi connectivity index (χ4n) is 0.0373. The van der Waals surface area contributed by atoms with E-state index in [2.05, 4.69) is 4.89 Å². The van der Waals surface area contributed by atoms with Crippen LogP contribution in [0.25, 0.3) is 0 Å². The maximum absolute atomic E-state index is 8.87. The van der Waals surface area contributed by atoms with E-state index in [1.54, 1.807) is 0 Å². The lowest BCUT2D eigenvalue weighted by atomic mass is 10.8. The highest BCUT2D eigenvalue weighted by molar-refractivity contribution is 4.09. The van der Waals surface area contributed by atoms with Crippen molar-refractivity contribution < 1.29 is 15.3 Å². The molecule has 0 aliphatic carbocycles. The number of aliphatic hydroxyl groups is 1. The second kappa shape index (κ2) is 3.88. The Balaban J connectivity index is 2.19. The highest BCUT2D eigenvalue weighted by Gasteiger charge is 1.71. The van der Waals surface area contributed by atoms with Gasteiger partial charge in [-0.25, -0.2) is 4.89 Å². The zero-order valence-electron chi connectivity index (χ0n) is 2.68. The first-order chi connectivity index (χ1) is 2.41. The van der Waals surface area contributed by atoms with Crippen LogP contribution in [-0.2, 0) is 10.1 Å². The molecule has 1 radical (unpaired) electrons. The van der Waals surface area contributed by atoms with E-state index in [9.17, 15) is 0 Å². The molecule has 0 aromatic rings. The SMILES string of the molecule is [O]OCCO. The van der Waals surface area contributed by atoms with Gasteiger partial charge < -0.3 is 5.11 Å². The molecule has 1 N–H and O–H groups in total. The molecule has 0 aromatic heterocycles. The molecule has 0 atom stereocenters. The summed E-state index contributed by atoms with van der Waals surface area (Å²) in [6.45, 7) is -0.302. The lowest BCUT2D eigenvalue weighted by molar-refractivity contribution is -0.306. The normalized spacial score (nSPS) is 8.40. The molecule has 3 heteroatoms. The van der Waals surface area contributed by atoms with Crippen molar-refractivity contribution >= 4 is 0 Å². The van der Waals surface area contributed by atoms with E-state index in [0.29, 0.717) is 0 Å². The Hall–Kier alpha value is -0.120. The first kappa shape index (κ1) is 4.88. The molecule has 0 saturated heterocycles. The molecule has 5 heavy (non-hydrogen) atoms. The minimum Gasteiger partial charge on any atom is -0.394 e. The van der Waals surface area contributed by atoms with Gasteiger partial charge in [0.2, 0.25) is 0 Å². The lowest BCUT2D eigenvalue weighted by Gasteiger charge is -1.78. The molecular formula is C2H5O3. The van der Waals surface area contributed by atoms with Gasteiger partial charge in [0.1, 0.15) is 6.61 Å². The van der Waals surface area contributed by atoms with Crippen LogP contribution in [0.1, 0.15) is 0 Å². The van der Waals surface area contributed by atoms with E-state index in [0.717, 1.165) is 0 Å². The van der Waals surface area contributed by atoms with E-state index in [1.165, 1.54) is 0 Å². The van der Waals surface area contributed by atoms with Gasteiger partial charge in [0.15, 0.2) is 0 Å². The number of rotatable bonds is 2. The van der Waals surface area contributed by atoms with Gasteiger partial charge in [0.05, 0.1) is 6.61 Å². The second-order valence-corrected chi connectivity index (χ2v) is 0.546. The summed E-state index contributed by atoms with van der Waals surface area (Å²) in [6, 6.07) is 0. The average molecular weight is 77.1 g/mol. The van der Waals surface area contributed by atoms with Crippen LogP contribution in [0, 0.1) is 0 Å². The van der Waals surface area contributed by atoms with Crippen molar-refractivity contribution in [1.82, 2.24) is 0 Å². The van der Waals surface area contributed by atoms with Crippen LogP contribution in [0.5, 0.6) is 0 Å². The van der Waals surface area contributed by atoms with Crippen molar-refractivity contribution in [2.75, 3.05) is 13.2 Å². The molecule has 31 valence electrons. The molecule has 0 saturated carbocycles. The third kappa shape index (κ3) is 3.88. The van der Waals surface area contributed by atoms with E-state index >= 15 is 0 Å². The van der Waals surface area contributed by atoms with Crippen LogP contribution in [0.3, 0.4) is 0 Å². The van der Waals surface area contributed by atoms with E-state index in [4.69, 9.17) is 10.4 Å². The number of aliphatic hydroxyl groups excluding tert-OH is 1. The molecule has 0 aliphatic heterocycles. The number of hydrogen-bond acceptors (Lipinski definition) is 2. The fraction of sp³-hybridized carbons (Fsp3) is 1.00. The third-order valence-corrected chi connectivity index (χ3v) is 0.175. The predicted octanol–water partition coefficient (Wildman–Crippen LogP) is -0.659. The van der Waals surface area contributed by atoms with Crippen molar-refractivity contribution in [3.05, 3.63) is 0 Å². The van der Waals surface area contributed by atoms with Crippen molar-refractivity contribution in [3.63, 3.8) is 0 Å². The van der Waals surface area contributed by atoms with Crippen LogP contribution in [-0.4, -0.2) is 18.3 Å². The largest absolute Gasteiger partial charge is 0.394 e. The highest BCUT2D eigenvalue weighted by atomic mass is 17.1. The summed E-state index contributed by atoms with van der Waals surface area (Å²) >= 11 is 0. The summed E-state index contributed by atoms with van der Waals surface area (Å²) < 4.78 is 0. The lowest BCUT2D eigenvalue weighted by Crippen LogP contribution is -1.91. The van der Waals surface area contributed by atoms with Gasteiger partial charge in [-0.1, -0.05) is 0 Å². The Kier molecular flexibility index (Phi) is 3.79. The topological polar surface area (TPSA) is 49.4 Å². The van der Waals surface area contributed by atoms with Gasteiger partial charge in [0.25, 0.3) is 0 Å². The van der Waals surface area contributed by atoms with Crippen molar-refractivity contribution in [1.29, 1.82) is 0 Å². The Morgan fingerprint density at radius 1 is 1.80 bits per heavy atom. The molecule has 0 amide bonds. The van der Waals surface area contributed by atoms with Crippen molar-refractivity contribution in [2.45, 2.75) is 0 Å². The van der Waals surface area contributed by atoms with Crippen LogP contribution in [0.2, 0.25) is 0 Å². The van der Waals surface area contributed by atoms with Crippen molar-refractivity contribution in [3.8, 4) is 0 Å². The zero-order valence-corrected chi connectivity index (χ0v) is 2.68. The molecule has 0 spiro atoms. The third-order valence-electron chi connectivity index (χ3n) is 0.175. The molecular weight excluding hydrogens is 72.0 g/mol. The molecule has 0 aliphatic rings. The minimum atomic E-state index is -0.191. The van der Waals surface area contributed by atoms with Crippen LogP contribution in [0.4, 0.5) is 0 Å². The van der Waals surface area contributed by atoms with Crippen LogP contribution >= 0.6 is 0 Å². The smallest absolute Gasteiger partial charge is 0.109 e. The first-order valence-electron chi connectivity index (χ1n) is 1.27. The monoisotopic (exact) mass is 77.0 g/mol. The maximum Gasteiger partial charge on any atom is 0.109 e. The molecule has 0 bridgehead atoms. The Morgan fingerprint density at radius 2 is 2.40 bits per heavy atom. The van der Waals surface area contributed by atoms with Gasteiger partial charge in [-0.2, -0.15) is 0 Å². The summed E-state index contributed by atoms with van der Waals surface area (Å²) in [6.07, 6.45) is 0. The summed E-state index contributed by atoms with van der Waals surface area (Å²) in [5.41, 5.74) is 0. The highest BCUT2D eigenvalue weighted by Crippen LogP contribution is 1.57.